The van der Waals surface area contributed by atoms with Crippen LogP contribution in [0.4, 0.5) is 0 Å². The maximum atomic E-state index is 2.28. The van der Waals surface area contributed by atoms with E-state index >= 15 is 0 Å². The highest BCUT2D eigenvalue weighted by molar-refractivity contribution is 5.29. The molecule has 2 aliphatic carbocycles. The summed E-state index contributed by atoms with van der Waals surface area (Å²) in [6.45, 7) is 0. The molecule has 0 heterocycles. The van der Waals surface area contributed by atoms with Crippen LogP contribution in [-0.4, -0.2) is 0 Å². The average Bonchev–Trinajstić information content (AvgIpc) is 2.36. The van der Waals surface area contributed by atoms with E-state index in [-0.39, 0.29) is 0 Å². The Morgan fingerprint density at radius 2 is 2.50 bits per heavy atom. The van der Waals surface area contributed by atoms with E-state index in [1.807, 2.05) is 0 Å². The molecule has 0 bridgehead atoms. The van der Waals surface area contributed by atoms with Gasteiger partial charge in [0.1, 0.15) is 0 Å². The highest BCUT2D eigenvalue weighted by Crippen LogP contribution is 2.42. The van der Waals surface area contributed by atoms with Gasteiger partial charge in [0.25, 0.3) is 0 Å². The first-order chi connectivity index (χ1) is 3.97. The number of hydrogen-bond acceptors (Lipinski definition) is 0. The zero-order valence-corrected chi connectivity index (χ0v) is 4.93. The number of allylic oxidation sites excluding steroid dienone is 4. The number of rotatable bonds is 0. The lowest BCUT2D eigenvalue weighted by molar-refractivity contribution is 0.767. The zero-order valence-electron chi connectivity index (χ0n) is 4.93. The van der Waals surface area contributed by atoms with Gasteiger partial charge in [-0.05, 0) is 25.2 Å². The van der Waals surface area contributed by atoms with Crippen LogP contribution in [0.3, 0.4) is 0 Å². The fourth-order valence-corrected chi connectivity index (χ4v) is 1.30. The van der Waals surface area contributed by atoms with Gasteiger partial charge in [0.15, 0.2) is 0 Å². The molecule has 0 saturated heterocycles. The Morgan fingerprint density at radius 1 is 1.50 bits per heavy atom. The molecule has 0 heteroatoms. The summed E-state index contributed by atoms with van der Waals surface area (Å²) in [5, 5.41) is 0. The minimum Gasteiger partial charge on any atom is -0.0845 e. The van der Waals surface area contributed by atoms with Gasteiger partial charge < -0.3 is 0 Å². The fraction of sp³-hybridized carbons (Fsp3) is 0.500. The third-order valence-corrected chi connectivity index (χ3v) is 1.97. The highest BCUT2D eigenvalue weighted by atomic mass is 14.3. The Morgan fingerprint density at radius 3 is 3.50 bits per heavy atom. The molecule has 1 fully saturated rings. The second-order valence-corrected chi connectivity index (χ2v) is 2.65. The van der Waals surface area contributed by atoms with Gasteiger partial charge >= 0.3 is 0 Å². The predicted octanol–water partition coefficient (Wildman–Crippen LogP) is 2.28. The third-order valence-electron chi connectivity index (χ3n) is 1.97. The Bertz CT molecular complexity index is 151. The smallest absolute Gasteiger partial charge is 0.0159 e. The van der Waals surface area contributed by atoms with Gasteiger partial charge in [-0.2, -0.15) is 0 Å². The Hall–Kier alpha value is -0.520. The van der Waals surface area contributed by atoms with E-state index in [2.05, 4.69) is 18.2 Å². The molecule has 0 aromatic rings. The molecule has 1 saturated carbocycles. The molecule has 0 aromatic heterocycles. The van der Waals surface area contributed by atoms with Crippen molar-refractivity contribution in [2.45, 2.75) is 19.3 Å². The standard InChI is InChI=1S/C8H10/c1-2-4-7-6-8(7)5-3-1/h1-2,4,8H,3,5-6H2. The molecule has 0 aliphatic heterocycles. The van der Waals surface area contributed by atoms with Crippen LogP contribution in [0.2, 0.25) is 0 Å². The van der Waals surface area contributed by atoms with Crippen LogP contribution >= 0.6 is 0 Å². The zero-order chi connectivity index (χ0) is 5.40. The Kier molecular flexibility index (Phi) is 0.806. The molecule has 42 valence electrons. The van der Waals surface area contributed by atoms with Crippen molar-refractivity contribution in [1.29, 1.82) is 0 Å². The normalized spacial score (nSPS) is 33.0. The second-order valence-electron chi connectivity index (χ2n) is 2.65. The van der Waals surface area contributed by atoms with Crippen molar-refractivity contribution in [3.63, 3.8) is 0 Å². The minimum atomic E-state index is 0.991. The summed E-state index contributed by atoms with van der Waals surface area (Å²) < 4.78 is 0. The molecule has 0 nitrogen and oxygen atoms in total. The first-order valence-corrected chi connectivity index (χ1v) is 3.32. The van der Waals surface area contributed by atoms with E-state index < -0.39 is 0 Å². The molecule has 0 spiro atoms. The van der Waals surface area contributed by atoms with Crippen molar-refractivity contribution >= 4 is 0 Å². The minimum absolute atomic E-state index is 0.991. The largest absolute Gasteiger partial charge is 0.0845 e. The van der Waals surface area contributed by atoms with E-state index in [9.17, 15) is 0 Å². The highest BCUT2D eigenvalue weighted by Gasteiger charge is 2.28. The van der Waals surface area contributed by atoms with Crippen LogP contribution in [0.1, 0.15) is 19.3 Å². The molecule has 2 aliphatic rings. The van der Waals surface area contributed by atoms with E-state index in [0.717, 1.165) is 5.92 Å². The first-order valence-electron chi connectivity index (χ1n) is 3.32. The van der Waals surface area contributed by atoms with Crippen molar-refractivity contribution in [3.8, 4) is 0 Å². The Balaban J connectivity index is 2.19. The molecule has 0 aromatic carbocycles. The molecule has 2 rings (SSSR count). The summed E-state index contributed by atoms with van der Waals surface area (Å²) in [5.74, 6) is 0.991. The van der Waals surface area contributed by atoms with E-state index in [1.54, 1.807) is 5.57 Å². The van der Waals surface area contributed by atoms with Crippen LogP contribution in [0.25, 0.3) is 0 Å². The number of hydrogen-bond donors (Lipinski definition) is 0. The van der Waals surface area contributed by atoms with Gasteiger partial charge in [-0.1, -0.05) is 23.8 Å². The molecule has 0 radical (unpaired) electrons. The third kappa shape index (κ3) is 0.605. The lowest BCUT2D eigenvalue weighted by Gasteiger charge is -1.84. The van der Waals surface area contributed by atoms with Crippen LogP contribution < -0.4 is 0 Å². The molecule has 0 amide bonds. The van der Waals surface area contributed by atoms with E-state index in [4.69, 9.17) is 0 Å². The molecule has 0 N–H and O–H groups in total. The van der Waals surface area contributed by atoms with E-state index in [0.29, 0.717) is 0 Å². The van der Waals surface area contributed by atoms with Crippen molar-refractivity contribution in [2.24, 2.45) is 5.92 Å². The molecule has 8 heavy (non-hydrogen) atoms. The summed E-state index contributed by atoms with van der Waals surface area (Å²) in [5.41, 5.74) is 1.68. The topological polar surface area (TPSA) is 0 Å². The van der Waals surface area contributed by atoms with Gasteiger partial charge in [-0.25, -0.2) is 0 Å². The second kappa shape index (κ2) is 1.48. The maximum absolute atomic E-state index is 2.28. The van der Waals surface area contributed by atoms with Gasteiger partial charge in [-0.3, -0.25) is 0 Å². The summed E-state index contributed by atoms with van der Waals surface area (Å²) in [6, 6.07) is 0. The van der Waals surface area contributed by atoms with Crippen molar-refractivity contribution < 1.29 is 0 Å². The molecule has 1 atom stereocenters. The van der Waals surface area contributed by atoms with Crippen LogP contribution in [0.15, 0.2) is 23.8 Å². The molecular formula is C8H10. The van der Waals surface area contributed by atoms with Crippen molar-refractivity contribution in [1.82, 2.24) is 0 Å². The monoisotopic (exact) mass is 106 g/mol. The van der Waals surface area contributed by atoms with Crippen molar-refractivity contribution in [2.75, 3.05) is 0 Å². The molecule has 1 unspecified atom stereocenters. The van der Waals surface area contributed by atoms with Gasteiger partial charge in [-0.15, -0.1) is 0 Å². The summed E-state index contributed by atoms with van der Waals surface area (Å²) >= 11 is 0. The SMILES string of the molecule is C1=CCCC2CC2=C1. The summed E-state index contributed by atoms with van der Waals surface area (Å²) in [4.78, 5) is 0. The lowest BCUT2D eigenvalue weighted by Crippen LogP contribution is -1.69. The van der Waals surface area contributed by atoms with Crippen molar-refractivity contribution in [3.05, 3.63) is 23.8 Å². The van der Waals surface area contributed by atoms with Gasteiger partial charge in [0, 0.05) is 0 Å². The van der Waals surface area contributed by atoms with E-state index in [1.165, 1.54) is 19.3 Å². The lowest BCUT2D eigenvalue weighted by atomic mass is 10.2. The average molecular weight is 106 g/mol. The molecular weight excluding hydrogens is 96.1 g/mol. The fourth-order valence-electron chi connectivity index (χ4n) is 1.30. The number of fused-ring (bicyclic) bond motifs is 1. The first kappa shape index (κ1) is 4.37. The van der Waals surface area contributed by atoms with Crippen LogP contribution in [0.5, 0.6) is 0 Å². The Labute approximate surface area is 49.9 Å². The quantitative estimate of drug-likeness (QED) is 0.444. The predicted molar refractivity (Wildman–Crippen MR) is 34.6 cm³/mol. The van der Waals surface area contributed by atoms with Crippen LogP contribution in [0, 0.1) is 5.92 Å². The summed E-state index contributed by atoms with van der Waals surface area (Å²) in [7, 11) is 0. The van der Waals surface area contributed by atoms with Crippen LogP contribution in [-0.2, 0) is 0 Å². The maximum Gasteiger partial charge on any atom is -0.0159 e. The van der Waals surface area contributed by atoms with Gasteiger partial charge in [0.05, 0.1) is 0 Å². The van der Waals surface area contributed by atoms with Gasteiger partial charge in [0.2, 0.25) is 0 Å². The summed E-state index contributed by atoms with van der Waals surface area (Å²) in [6.07, 6.45) is 10.8.